The Bertz CT molecular complexity index is 1160. The van der Waals surface area contributed by atoms with E-state index in [-0.39, 0.29) is 5.95 Å². The molecule has 4 rings (SSSR count). The van der Waals surface area contributed by atoms with E-state index in [2.05, 4.69) is 54.1 Å². The molecule has 0 radical (unpaired) electrons. The average Bonchev–Trinajstić information content (AvgIpc) is 3.15. The van der Waals surface area contributed by atoms with E-state index in [0.717, 1.165) is 35.2 Å². The van der Waals surface area contributed by atoms with E-state index in [1.807, 2.05) is 49.4 Å². The van der Waals surface area contributed by atoms with Gasteiger partial charge in [-0.1, -0.05) is 60.3 Å². The van der Waals surface area contributed by atoms with E-state index >= 15 is 0 Å². The fourth-order valence-electron chi connectivity index (χ4n) is 3.17. The molecule has 2 aromatic heterocycles. The Morgan fingerprint density at radius 3 is 2.52 bits per heavy atom. The van der Waals surface area contributed by atoms with Crippen LogP contribution in [0.2, 0.25) is 0 Å². The normalized spacial score (nSPS) is 10.9. The van der Waals surface area contributed by atoms with Crippen LogP contribution in [0.25, 0.3) is 0 Å². The molecule has 0 fully saturated rings. The third kappa shape index (κ3) is 5.18. The lowest BCUT2D eigenvalue weighted by molar-refractivity contribution is 0.651. The highest BCUT2D eigenvalue weighted by Crippen LogP contribution is 2.23. The molecule has 2 aromatic carbocycles. The van der Waals surface area contributed by atoms with Crippen molar-refractivity contribution in [1.82, 2.24) is 29.7 Å². The van der Waals surface area contributed by atoms with Crippen LogP contribution in [0.15, 0.2) is 59.8 Å². The van der Waals surface area contributed by atoms with Crippen molar-refractivity contribution in [3.05, 3.63) is 77.4 Å². The molecule has 0 saturated heterocycles. The first kappa shape index (κ1) is 20.8. The van der Waals surface area contributed by atoms with Crippen LogP contribution >= 0.6 is 11.8 Å². The van der Waals surface area contributed by atoms with Crippen molar-refractivity contribution in [3.8, 4) is 0 Å². The first-order valence-corrected chi connectivity index (χ1v) is 11.0. The number of nitrogens with zero attached hydrogens (tertiary/aromatic N) is 6. The van der Waals surface area contributed by atoms with Crippen LogP contribution in [0.5, 0.6) is 0 Å². The molecule has 2 heterocycles. The highest BCUT2D eigenvalue weighted by molar-refractivity contribution is 7.98. The monoisotopic (exact) mass is 432 g/mol. The number of aryl methyl sites for hydroxylation is 1. The van der Waals surface area contributed by atoms with Crippen molar-refractivity contribution in [2.45, 2.75) is 37.7 Å². The number of hydrogen-bond acceptors (Lipinski definition) is 8. The number of nitrogen functional groups attached to an aromatic ring is 1. The van der Waals surface area contributed by atoms with Crippen molar-refractivity contribution in [3.63, 3.8) is 0 Å². The van der Waals surface area contributed by atoms with Crippen molar-refractivity contribution in [1.29, 1.82) is 0 Å². The number of anilines is 3. The molecule has 0 aliphatic carbocycles. The molecule has 8 nitrogen and oxygen atoms in total. The summed E-state index contributed by atoms with van der Waals surface area (Å²) in [5.41, 5.74) is 9.16. The van der Waals surface area contributed by atoms with Crippen molar-refractivity contribution >= 4 is 29.3 Å². The molecule has 158 valence electrons. The average molecular weight is 433 g/mol. The number of hydrogen-bond donors (Lipinski definition) is 2. The summed E-state index contributed by atoms with van der Waals surface area (Å²) in [5.74, 6) is 2.65. The van der Waals surface area contributed by atoms with Gasteiger partial charge in [-0.25, -0.2) is 0 Å². The predicted molar refractivity (Wildman–Crippen MR) is 123 cm³/mol. The predicted octanol–water partition coefficient (Wildman–Crippen LogP) is 4.00. The van der Waals surface area contributed by atoms with E-state index < -0.39 is 0 Å². The highest BCUT2D eigenvalue weighted by Gasteiger charge is 2.14. The van der Waals surface area contributed by atoms with Gasteiger partial charge in [-0.15, -0.1) is 10.2 Å². The summed E-state index contributed by atoms with van der Waals surface area (Å²) in [7, 11) is 0. The zero-order valence-electron chi connectivity index (χ0n) is 17.5. The lowest BCUT2D eigenvalue weighted by atomic mass is 10.1. The third-order valence-corrected chi connectivity index (χ3v) is 5.70. The molecular weight excluding hydrogens is 408 g/mol. The second-order valence-electron chi connectivity index (χ2n) is 6.97. The Balaban J connectivity index is 1.48. The smallest absolute Gasteiger partial charge is 0.232 e. The number of benzene rings is 2. The van der Waals surface area contributed by atoms with Crippen LogP contribution < -0.4 is 11.1 Å². The molecule has 0 saturated carbocycles. The molecule has 4 aromatic rings. The Morgan fingerprint density at radius 2 is 1.74 bits per heavy atom. The number of rotatable bonds is 8. The van der Waals surface area contributed by atoms with E-state index in [9.17, 15) is 0 Å². The van der Waals surface area contributed by atoms with Gasteiger partial charge in [-0.05, 0) is 31.0 Å². The zero-order valence-corrected chi connectivity index (χ0v) is 18.3. The van der Waals surface area contributed by atoms with E-state index in [0.29, 0.717) is 17.5 Å². The van der Waals surface area contributed by atoms with Crippen LogP contribution in [-0.2, 0) is 18.7 Å². The highest BCUT2D eigenvalue weighted by atomic mass is 32.2. The van der Waals surface area contributed by atoms with Crippen LogP contribution in [0.4, 0.5) is 17.6 Å². The maximum Gasteiger partial charge on any atom is 0.232 e. The molecule has 0 amide bonds. The molecule has 0 aliphatic rings. The van der Waals surface area contributed by atoms with Crippen LogP contribution in [0.3, 0.4) is 0 Å². The van der Waals surface area contributed by atoms with Gasteiger partial charge in [0.25, 0.3) is 0 Å². The Morgan fingerprint density at radius 1 is 0.968 bits per heavy atom. The van der Waals surface area contributed by atoms with Crippen LogP contribution in [0, 0.1) is 6.92 Å². The van der Waals surface area contributed by atoms with Crippen LogP contribution in [-0.4, -0.2) is 29.7 Å². The van der Waals surface area contributed by atoms with Gasteiger partial charge in [0.2, 0.25) is 11.9 Å². The van der Waals surface area contributed by atoms with E-state index in [1.54, 1.807) is 0 Å². The topological polar surface area (TPSA) is 107 Å². The second-order valence-corrected chi connectivity index (χ2v) is 7.91. The van der Waals surface area contributed by atoms with Gasteiger partial charge in [0.15, 0.2) is 5.16 Å². The first-order valence-electron chi connectivity index (χ1n) is 10.0. The minimum Gasteiger partial charge on any atom is -0.368 e. The fraction of sp³-hybridized carbons (Fsp3) is 0.227. The number of thioether (sulfide) groups is 1. The van der Waals surface area contributed by atoms with Crippen LogP contribution in [0.1, 0.15) is 29.7 Å². The molecule has 0 bridgehead atoms. The molecule has 0 spiro atoms. The zero-order chi connectivity index (χ0) is 21.6. The molecular formula is C22H24N8S. The van der Waals surface area contributed by atoms with E-state index in [1.165, 1.54) is 17.3 Å². The number of nitrogens with two attached hydrogens (primary N) is 1. The molecule has 31 heavy (non-hydrogen) atoms. The number of para-hydroxylation sites is 1. The first-order chi connectivity index (χ1) is 15.1. The van der Waals surface area contributed by atoms with Gasteiger partial charge in [-0.3, -0.25) is 0 Å². The number of aromatic nitrogens is 6. The summed E-state index contributed by atoms with van der Waals surface area (Å²) >= 11 is 1.54. The molecule has 0 unspecified atom stereocenters. The van der Waals surface area contributed by atoms with Gasteiger partial charge in [0.05, 0.1) is 5.75 Å². The number of nitrogens with one attached hydrogen (secondary N) is 1. The summed E-state index contributed by atoms with van der Waals surface area (Å²) in [4.78, 5) is 13.0. The standard InChI is InChI=1S/C22H24N8S/c1-3-30-19(13-16-10-5-4-6-11-16)28-29-22(30)31-14-18-25-20(23)27-21(26-18)24-17-12-8-7-9-15(17)2/h4-12H,3,13-14H2,1-2H3,(H3,23,24,25,26,27). The van der Waals surface area contributed by atoms with Gasteiger partial charge in [-0.2, -0.15) is 15.0 Å². The summed E-state index contributed by atoms with van der Waals surface area (Å²) in [5, 5.41) is 12.8. The fourth-order valence-corrected chi connectivity index (χ4v) is 4.05. The van der Waals surface area contributed by atoms with Gasteiger partial charge in [0, 0.05) is 18.7 Å². The lowest BCUT2D eigenvalue weighted by Crippen LogP contribution is -2.08. The van der Waals surface area contributed by atoms with E-state index in [4.69, 9.17) is 5.73 Å². The molecule has 0 atom stereocenters. The largest absolute Gasteiger partial charge is 0.368 e. The molecule has 3 N–H and O–H groups in total. The summed E-state index contributed by atoms with van der Waals surface area (Å²) < 4.78 is 2.12. The van der Waals surface area contributed by atoms with Crippen molar-refractivity contribution in [2.75, 3.05) is 11.1 Å². The Kier molecular flexibility index (Phi) is 6.42. The Labute approximate surface area is 185 Å². The third-order valence-electron chi connectivity index (χ3n) is 4.74. The second kappa shape index (κ2) is 9.57. The maximum absolute atomic E-state index is 5.92. The van der Waals surface area contributed by atoms with Gasteiger partial charge < -0.3 is 15.6 Å². The molecule has 0 aliphatic heterocycles. The van der Waals surface area contributed by atoms with Gasteiger partial charge in [0.1, 0.15) is 11.6 Å². The SMILES string of the molecule is CCn1c(Cc2ccccc2)nnc1SCc1nc(N)nc(Nc2ccccc2C)n1. The summed E-state index contributed by atoms with van der Waals surface area (Å²) in [6.07, 6.45) is 0.742. The lowest BCUT2D eigenvalue weighted by Gasteiger charge is -2.10. The van der Waals surface area contributed by atoms with Crippen molar-refractivity contribution in [2.24, 2.45) is 0 Å². The Hall–Kier alpha value is -3.46. The minimum atomic E-state index is 0.184. The van der Waals surface area contributed by atoms with Gasteiger partial charge >= 0.3 is 0 Å². The maximum atomic E-state index is 5.92. The quantitative estimate of drug-likeness (QED) is 0.402. The molecule has 9 heteroatoms. The minimum absolute atomic E-state index is 0.184. The van der Waals surface area contributed by atoms with Crippen molar-refractivity contribution < 1.29 is 0 Å². The summed E-state index contributed by atoms with van der Waals surface area (Å²) in [6.45, 7) is 4.90. The summed E-state index contributed by atoms with van der Waals surface area (Å²) in [6, 6.07) is 18.2.